The SMILES string of the molecule is CCCN(Cc1nnc(-c2cccs2)o1)C(=O)COc1c(Cl)cc(Cl)c2ccc(C)nc12. The van der Waals surface area contributed by atoms with Crippen LogP contribution in [0.2, 0.25) is 10.0 Å². The van der Waals surface area contributed by atoms with Crippen molar-refractivity contribution in [3.8, 4) is 16.5 Å². The number of fused-ring (bicyclic) bond motifs is 1. The third kappa shape index (κ3) is 4.87. The van der Waals surface area contributed by atoms with E-state index in [-0.39, 0.29) is 19.1 Å². The Morgan fingerprint density at radius 3 is 2.81 bits per heavy atom. The van der Waals surface area contributed by atoms with Crippen LogP contribution in [0.5, 0.6) is 5.75 Å². The molecule has 0 spiro atoms. The van der Waals surface area contributed by atoms with Crippen molar-refractivity contribution in [3.63, 3.8) is 0 Å². The van der Waals surface area contributed by atoms with Gasteiger partial charge >= 0.3 is 0 Å². The third-order valence-corrected chi connectivity index (χ3v) is 6.14. The second-order valence-electron chi connectivity index (χ2n) is 7.10. The molecule has 3 aromatic heterocycles. The second kappa shape index (κ2) is 9.85. The van der Waals surface area contributed by atoms with Crippen molar-refractivity contribution in [1.29, 1.82) is 0 Å². The van der Waals surface area contributed by atoms with Gasteiger partial charge in [0, 0.05) is 17.6 Å². The van der Waals surface area contributed by atoms with Crippen molar-refractivity contribution >= 4 is 51.3 Å². The van der Waals surface area contributed by atoms with Crippen molar-refractivity contribution in [2.75, 3.05) is 13.2 Å². The first-order valence-corrected chi connectivity index (χ1v) is 11.6. The average molecular weight is 491 g/mol. The first kappa shape index (κ1) is 22.5. The van der Waals surface area contributed by atoms with Gasteiger partial charge in [-0.2, -0.15) is 0 Å². The topological polar surface area (TPSA) is 81.4 Å². The summed E-state index contributed by atoms with van der Waals surface area (Å²) in [6.07, 6.45) is 0.767. The molecule has 0 aliphatic rings. The summed E-state index contributed by atoms with van der Waals surface area (Å²) in [5.74, 6) is 0.908. The molecule has 1 amide bonds. The predicted octanol–water partition coefficient (Wildman–Crippen LogP) is 5.78. The molecule has 4 aromatic rings. The molecule has 0 fully saturated rings. The lowest BCUT2D eigenvalue weighted by atomic mass is 10.2. The van der Waals surface area contributed by atoms with E-state index in [2.05, 4.69) is 15.2 Å². The molecule has 0 saturated heterocycles. The fourth-order valence-corrected chi connectivity index (χ4v) is 4.41. The lowest BCUT2D eigenvalue weighted by molar-refractivity contribution is -0.134. The summed E-state index contributed by atoms with van der Waals surface area (Å²) in [4.78, 5) is 20.0. The Morgan fingerprint density at radius 1 is 1.22 bits per heavy atom. The minimum absolute atomic E-state index is 0.195. The molecule has 3 heterocycles. The standard InChI is InChI=1S/C22H20Cl2N4O3S/c1-3-8-28(11-18-26-27-22(31-18)17-5-4-9-32-17)19(29)12-30-21-16(24)10-15(23)14-7-6-13(2)25-20(14)21/h4-7,9-10H,3,8,11-12H2,1-2H3. The number of carbonyl (C=O) groups is 1. The van der Waals surface area contributed by atoms with Crippen molar-refractivity contribution in [2.45, 2.75) is 26.8 Å². The molecule has 166 valence electrons. The number of hydrogen-bond donors (Lipinski definition) is 0. The van der Waals surface area contributed by atoms with E-state index in [0.717, 1.165) is 17.0 Å². The molecular formula is C22H20Cl2N4O3S. The van der Waals surface area contributed by atoms with Gasteiger partial charge in [-0.15, -0.1) is 21.5 Å². The maximum Gasteiger partial charge on any atom is 0.260 e. The number of thiophene rings is 1. The highest BCUT2D eigenvalue weighted by Crippen LogP contribution is 2.37. The Balaban J connectivity index is 1.50. The molecule has 0 unspecified atom stereocenters. The van der Waals surface area contributed by atoms with Gasteiger partial charge < -0.3 is 14.1 Å². The van der Waals surface area contributed by atoms with E-state index in [1.165, 1.54) is 11.3 Å². The van der Waals surface area contributed by atoms with E-state index < -0.39 is 0 Å². The molecule has 10 heteroatoms. The Bertz CT molecular complexity index is 1240. The van der Waals surface area contributed by atoms with E-state index in [9.17, 15) is 4.79 Å². The highest BCUT2D eigenvalue weighted by molar-refractivity contribution is 7.13. The van der Waals surface area contributed by atoms with Gasteiger partial charge in [-0.1, -0.05) is 36.2 Å². The number of rotatable bonds is 8. The first-order valence-electron chi connectivity index (χ1n) is 9.98. The van der Waals surface area contributed by atoms with Crippen LogP contribution >= 0.6 is 34.5 Å². The van der Waals surface area contributed by atoms with E-state index in [1.807, 2.05) is 43.5 Å². The predicted molar refractivity (Wildman–Crippen MR) is 125 cm³/mol. The van der Waals surface area contributed by atoms with Gasteiger partial charge in [0.1, 0.15) is 5.52 Å². The Kier molecular flexibility index (Phi) is 6.93. The monoisotopic (exact) mass is 490 g/mol. The number of benzene rings is 1. The lowest BCUT2D eigenvalue weighted by Gasteiger charge is -2.21. The maximum absolute atomic E-state index is 13.0. The Labute approximate surface area is 198 Å². The number of aromatic nitrogens is 3. The Hall–Kier alpha value is -2.68. The average Bonchev–Trinajstić information content (AvgIpc) is 3.45. The molecule has 0 aliphatic carbocycles. The first-order chi connectivity index (χ1) is 15.5. The number of nitrogens with zero attached hydrogens (tertiary/aromatic N) is 4. The van der Waals surface area contributed by atoms with Gasteiger partial charge in [-0.05, 0) is 43.0 Å². The molecule has 0 bridgehead atoms. The van der Waals surface area contributed by atoms with E-state index in [4.69, 9.17) is 32.4 Å². The third-order valence-electron chi connectivity index (χ3n) is 4.69. The summed E-state index contributed by atoms with van der Waals surface area (Å²) in [5, 5.41) is 11.6. The number of aryl methyl sites for hydroxylation is 1. The number of amides is 1. The van der Waals surface area contributed by atoms with Gasteiger partial charge in [0.15, 0.2) is 12.4 Å². The maximum atomic E-state index is 13.0. The molecule has 0 aliphatic heterocycles. The van der Waals surface area contributed by atoms with Crippen LogP contribution in [0.4, 0.5) is 0 Å². The van der Waals surface area contributed by atoms with Crippen LogP contribution in [-0.4, -0.2) is 39.1 Å². The van der Waals surface area contributed by atoms with Gasteiger partial charge in [0.25, 0.3) is 11.8 Å². The smallest absolute Gasteiger partial charge is 0.260 e. The minimum atomic E-state index is -0.227. The summed E-state index contributed by atoms with van der Waals surface area (Å²) in [6.45, 7) is 4.35. The number of hydrogen-bond acceptors (Lipinski definition) is 7. The van der Waals surface area contributed by atoms with Gasteiger partial charge in [0.2, 0.25) is 5.89 Å². The zero-order valence-corrected chi connectivity index (χ0v) is 19.8. The van der Waals surface area contributed by atoms with Crippen LogP contribution in [0.25, 0.3) is 21.7 Å². The van der Waals surface area contributed by atoms with Crippen molar-refractivity contribution in [1.82, 2.24) is 20.1 Å². The fourth-order valence-electron chi connectivity index (χ4n) is 3.20. The minimum Gasteiger partial charge on any atom is -0.480 e. The number of halogens is 2. The van der Waals surface area contributed by atoms with Crippen LogP contribution in [0.3, 0.4) is 0 Å². The molecule has 4 rings (SSSR count). The summed E-state index contributed by atoms with van der Waals surface area (Å²) < 4.78 is 11.6. The molecule has 0 radical (unpaired) electrons. The van der Waals surface area contributed by atoms with Crippen LogP contribution < -0.4 is 4.74 Å². The highest BCUT2D eigenvalue weighted by Gasteiger charge is 2.20. The molecular weight excluding hydrogens is 471 g/mol. The summed E-state index contributed by atoms with van der Waals surface area (Å²) in [5.41, 5.74) is 1.31. The molecule has 1 aromatic carbocycles. The molecule has 0 saturated carbocycles. The van der Waals surface area contributed by atoms with E-state index in [1.54, 1.807) is 11.0 Å². The number of ether oxygens (including phenoxy) is 1. The van der Waals surface area contributed by atoms with Crippen molar-refractivity contribution in [2.24, 2.45) is 0 Å². The van der Waals surface area contributed by atoms with Gasteiger partial charge in [0.05, 0.1) is 21.5 Å². The van der Waals surface area contributed by atoms with Crippen molar-refractivity contribution in [3.05, 3.63) is 57.3 Å². The second-order valence-corrected chi connectivity index (χ2v) is 8.86. The van der Waals surface area contributed by atoms with E-state index >= 15 is 0 Å². The number of carbonyl (C=O) groups excluding carboxylic acids is 1. The van der Waals surface area contributed by atoms with Crippen LogP contribution in [0.1, 0.15) is 24.9 Å². The van der Waals surface area contributed by atoms with Crippen molar-refractivity contribution < 1.29 is 13.9 Å². The zero-order valence-electron chi connectivity index (χ0n) is 17.5. The number of pyridine rings is 1. The normalized spacial score (nSPS) is 11.1. The summed E-state index contributed by atoms with van der Waals surface area (Å²) in [7, 11) is 0. The fraction of sp³-hybridized carbons (Fsp3) is 0.273. The van der Waals surface area contributed by atoms with Gasteiger partial charge in [-0.25, -0.2) is 4.98 Å². The molecule has 0 atom stereocenters. The highest BCUT2D eigenvalue weighted by atomic mass is 35.5. The molecule has 7 nitrogen and oxygen atoms in total. The Morgan fingerprint density at radius 2 is 2.06 bits per heavy atom. The lowest BCUT2D eigenvalue weighted by Crippen LogP contribution is -2.35. The molecule has 0 N–H and O–H groups in total. The van der Waals surface area contributed by atoms with Crippen LogP contribution in [-0.2, 0) is 11.3 Å². The van der Waals surface area contributed by atoms with E-state index in [0.29, 0.717) is 45.0 Å². The summed E-state index contributed by atoms with van der Waals surface area (Å²) in [6, 6.07) is 9.12. The van der Waals surface area contributed by atoms with Gasteiger partial charge in [-0.3, -0.25) is 4.79 Å². The largest absolute Gasteiger partial charge is 0.480 e. The zero-order chi connectivity index (χ0) is 22.7. The summed E-state index contributed by atoms with van der Waals surface area (Å²) >= 11 is 14.2. The quantitative estimate of drug-likeness (QED) is 0.311. The van der Waals surface area contributed by atoms with Crippen LogP contribution in [0, 0.1) is 6.92 Å². The van der Waals surface area contributed by atoms with Crippen LogP contribution in [0.15, 0.2) is 40.1 Å². The molecule has 32 heavy (non-hydrogen) atoms.